The van der Waals surface area contributed by atoms with Crippen LogP contribution in [-0.2, 0) is 0 Å². The summed E-state index contributed by atoms with van der Waals surface area (Å²) in [5, 5.41) is 0. The van der Waals surface area contributed by atoms with Gasteiger partial charge in [-0.25, -0.2) is 8.78 Å². The van der Waals surface area contributed by atoms with Crippen LogP contribution in [0, 0.1) is 6.92 Å². The molecule has 76 valence electrons. The Morgan fingerprint density at radius 1 is 1.57 bits per heavy atom. The number of anilines is 1. The van der Waals surface area contributed by atoms with Gasteiger partial charge in [-0.1, -0.05) is 0 Å². The Balaban J connectivity index is 3.32. The van der Waals surface area contributed by atoms with E-state index in [1.54, 1.807) is 0 Å². The highest BCUT2D eigenvalue weighted by atomic mass is 19.3. The smallest absolute Gasteiger partial charge is 0.280 e. The van der Waals surface area contributed by atoms with Gasteiger partial charge in [0.05, 0.1) is 11.3 Å². The third-order valence-electron chi connectivity index (χ3n) is 1.72. The fourth-order valence-electron chi connectivity index (χ4n) is 1.15. The lowest BCUT2D eigenvalue weighted by atomic mass is 10.1. The summed E-state index contributed by atoms with van der Waals surface area (Å²) in [6.07, 6.45) is -2.71. The molecular formula is C8H9F2N3O. The van der Waals surface area contributed by atoms with Crippen molar-refractivity contribution in [3.63, 3.8) is 0 Å². The minimum atomic E-state index is -2.71. The number of nitrogens with two attached hydrogens (primary N) is 2. The van der Waals surface area contributed by atoms with Gasteiger partial charge in [0.2, 0.25) is 0 Å². The number of carbonyl (C=O) groups is 1. The zero-order valence-electron chi connectivity index (χ0n) is 7.42. The van der Waals surface area contributed by atoms with Gasteiger partial charge in [-0.2, -0.15) is 0 Å². The van der Waals surface area contributed by atoms with Crippen molar-refractivity contribution in [1.82, 2.24) is 4.98 Å². The van der Waals surface area contributed by atoms with E-state index in [9.17, 15) is 13.6 Å². The molecule has 0 spiro atoms. The highest BCUT2D eigenvalue weighted by Gasteiger charge is 2.16. The minimum absolute atomic E-state index is 0.00519. The van der Waals surface area contributed by atoms with Gasteiger partial charge >= 0.3 is 0 Å². The van der Waals surface area contributed by atoms with Crippen LogP contribution in [0.25, 0.3) is 0 Å². The molecule has 0 fully saturated rings. The molecule has 1 aromatic rings. The van der Waals surface area contributed by atoms with Gasteiger partial charge in [-0.15, -0.1) is 0 Å². The number of amides is 1. The lowest BCUT2D eigenvalue weighted by molar-refractivity contribution is 0.0999. The van der Waals surface area contributed by atoms with Gasteiger partial charge < -0.3 is 11.5 Å². The van der Waals surface area contributed by atoms with E-state index in [4.69, 9.17) is 11.5 Å². The number of nitrogens with zero attached hydrogens (tertiary/aromatic N) is 1. The average Bonchev–Trinajstić information content (AvgIpc) is 2.01. The first-order chi connectivity index (χ1) is 6.43. The fraction of sp³-hybridized carbons (Fsp3) is 0.250. The molecule has 1 amide bonds. The van der Waals surface area contributed by atoms with E-state index in [0.717, 1.165) is 6.07 Å². The number of aromatic nitrogens is 1. The van der Waals surface area contributed by atoms with Gasteiger partial charge in [0.1, 0.15) is 5.69 Å². The number of hydrogen-bond donors (Lipinski definition) is 2. The molecule has 4 nitrogen and oxygen atoms in total. The quantitative estimate of drug-likeness (QED) is 0.749. The summed E-state index contributed by atoms with van der Waals surface area (Å²) in [6.45, 7) is 1.41. The molecular weight excluding hydrogens is 192 g/mol. The van der Waals surface area contributed by atoms with Crippen LogP contribution in [-0.4, -0.2) is 10.9 Å². The predicted octanol–water partition coefficient (Wildman–Crippen LogP) is 1.01. The topological polar surface area (TPSA) is 82.0 Å². The summed E-state index contributed by atoms with van der Waals surface area (Å²) in [5.74, 6) is -0.770. The maximum absolute atomic E-state index is 12.2. The maximum Gasteiger partial charge on any atom is 0.280 e. The van der Waals surface area contributed by atoms with Crippen LogP contribution in [0.5, 0.6) is 0 Å². The molecule has 0 unspecified atom stereocenters. The number of nitrogen functional groups attached to an aromatic ring is 1. The molecule has 0 aliphatic carbocycles. The average molecular weight is 201 g/mol. The predicted molar refractivity (Wildman–Crippen MR) is 46.9 cm³/mol. The number of aryl methyl sites for hydroxylation is 1. The molecule has 1 rings (SSSR count). The highest BCUT2D eigenvalue weighted by Crippen LogP contribution is 2.22. The van der Waals surface area contributed by atoms with Crippen LogP contribution >= 0.6 is 0 Å². The number of alkyl halides is 2. The number of hydrogen-bond acceptors (Lipinski definition) is 3. The van der Waals surface area contributed by atoms with Crippen molar-refractivity contribution in [2.75, 3.05) is 5.73 Å². The second-order valence-electron chi connectivity index (χ2n) is 2.76. The van der Waals surface area contributed by atoms with Crippen LogP contribution in [0.15, 0.2) is 6.07 Å². The Morgan fingerprint density at radius 2 is 2.14 bits per heavy atom. The first-order valence-corrected chi connectivity index (χ1v) is 3.78. The molecule has 1 aromatic heterocycles. The van der Waals surface area contributed by atoms with Gasteiger partial charge in [0.25, 0.3) is 12.3 Å². The zero-order valence-corrected chi connectivity index (χ0v) is 7.42. The number of carbonyl (C=O) groups excluding carboxylic acids is 1. The Hall–Kier alpha value is -1.72. The Morgan fingerprint density at radius 3 is 2.50 bits per heavy atom. The third kappa shape index (κ3) is 1.78. The number of rotatable bonds is 2. The van der Waals surface area contributed by atoms with Crippen LogP contribution < -0.4 is 11.5 Å². The van der Waals surface area contributed by atoms with Crippen LogP contribution in [0.4, 0.5) is 14.5 Å². The normalized spacial score (nSPS) is 10.6. The summed E-state index contributed by atoms with van der Waals surface area (Å²) in [6, 6.07) is 0.956. The first kappa shape index (κ1) is 10.4. The van der Waals surface area contributed by atoms with Gasteiger partial charge in [-0.3, -0.25) is 9.78 Å². The van der Waals surface area contributed by atoms with Crippen molar-refractivity contribution in [2.24, 2.45) is 5.73 Å². The minimum Gasteiger partial charge on any atom is -0.398 e. The second kappa shape index (κ2) is 3.57. The van der Waals surface area contributed by atoms with E-state index >= 15 is 0 Å². The molecule has 6 heteroatoms. The molecule has 0 bridgehead atoms. The Kier molecular flexibility index (Phi) is 2.64. The summed E-state index contributed by atoms with van der Waals surface area (Å²) in [4.78, 5) is 14.4. The van der Waals surface area contributed by atoms with E-state index in [1.807, 2.05) is 0 Å². The molecule has 0 aromatic carbocycles. The van der Waals surface area contributed by atoms with Crippen molar-refractivity contribution in [1.29, 1.82) is 0 Å². The van der Waals surface area contributed by atoms with Crippen molar-refractivity contribution in [2.45, 2.75) is 13.3 Å². The molecule has 0 aliphatic rings. The standard InChI is InChI=1S/C8H9F2N3O/c1-3-6(8(12)14)4(11)2-5(13-3)7(9)10/h2,7H,1H3,(H2,11,13)(H2,12,14). The fourth-order valence-corrected chi connectivity index (χ4v) is 1.15. The molecule has 0 radical (unpaired) electrons. The van der Waals surface area contributed by atoms with Crippen LogP contribution in [0.1, 0.15) is 28.2 Å². The van der Waals surface area contributed by atoms with E-state index < -0.39 is 18.0 Å². The van der Waals surface area contributed by atoms with Gasteiger partial charge in [0.15, 0.2) is 0 Å². The third-order valence-corrected chi connectivity index (χ3v) is 1.72. The Bertz CT molecular complexity index is 356. The van der Waals surface area contributed by atoms with E-state index in [1.165, 1.54) is 6.92 Å². The second-order valence-corrected chi connectivity index (χ2v) is 2.76. The summed E-state index contributed by atoms with van der Waals surface area (Å²) >= 11 is 0. The Labute approximate surface area is 78.9 Å². The molecule has 0 saturated carbocycles. The van der Waals surface area contributed by atoms with Crippen molar-refractivity contribution < 1.29 is 13.6 Å². The number of halogens is 2. The van der Waals surface area contributed by atoms with Crippen molar-refractivity contribution in [3.8, 4) is 0 Å². The molecule has 14 heavy (non-hydrogen) atoms. The van der Waals surface area contributed by atoms with E-state index in [-0.39, 0.29) is 16.9 Å². The highest BCUT2D eigenvalue weighted by molar-refractivity contribution is 5.98. The largest absolute Gasteiger partial charge is 0.398 e. The number of primary amides is 1. The lowest BCUT2D eigenvalue weighted by Crippen LogP contribution is -2.17. The van der Waals surface area contributed by atoms with Gasteiger partial charge in [0, 0.05) is 5.69 Å². The first-order valence-electron chi connectivity index (χ1n) is 3.78. The summed E-state index contributed by atoms with van der Waals surface area (Å²) < 4.78 is 24.5. The summed E-state index contributed by atoms with van der Waals surface area (Å²) in [7, 11) is 0. The molecule has 4 N–H and O–H groups in total. The lowest BCUT2D eigenvalue weighted by Gasteiger charge is -2.07. The van der Waals surface area contributed by atoms with Crippen LogP contribution in [0.2, 0.25) is 0 Å². The van der Waals surface area contributed by atoms with Gasteiger partial charge in [-0.05, 0) is 13.0 Å². The molecule has 0 saturated heterocycles. The van der Waals surface area contributed by atoms with Crippen LogP contribution in [0.3, 0.4) is 0 Å². The van der Waals surface area contributed by atoms with Crippen molar-refractivity contribution in [3.05, 3.63) is 23.0 Å². The van der Waals surface area contributed by atoms with E-state index in [0.29, 0.717) is 0 Å². The van der Waals surface area contributed by atoms with Crippen molar-refractivity contribution >= 4 is 11.6 Å². The molecule has 0 atom stereocenters. The zero-order chi connectivity index (χ0) is 10.9. The number of pyridine rings is 1. The van der Waals surface area contributed by atoms with E-state index in [2.05, 4.69) is 4.98 Å². The molecule has 0 aliphatic heterocycles. The SMILES string of the molecule is Cc1nc(C(F)F)cc(N)c1C(N)=O. The maximum atomic E-state index is 12.2. The summed E-state index contributed by atoms with van der Waals surface area (Å²) in [5.41, 5.74) is 9.97. The molecule has 1 heterocycles. The monoisotopic (exact) mass is 201 g/mol.